The summed E-state index contributed by atoms with van der Waals surface area (Å²) in [5.74, 6) is 0. The molecule has 2 amide bonds. The number of aliphatic hydroxyl groups is 1. The first-order chi connectivity index (χ1) is 17.2. The number of aliphatic hydroxyl groups excluding tert-OH is 1. The molecule has 3 N–H and O–H groups in total. The Morgan fingerprint density at radius 1 is 1.06 bits per heavy atom. The molecule has 2 aromatic carbocycles. The Hall–Kier alpha value is -3.97. The van der Waals surface area contributed by atoms with Gasteiger partial charge < -0.3 is 15.7 Å². The molecule has 2 heterocycles. The van der Waals surface area contributed by atoms with E-state index >= 15 is 0 Å². The number of anilines is 1. The molecule has 0 spiro atoms. The second-order valence-electron chi connectivity index (χ2n) is 10.1. The lowest BCUT2D eigenvalue weighted by molar-refractivity contribution is 0.0883. The first-order valence-electron chi connectivity index (χ1n) is 12.1. The van der Waals surface area contributed by atoms with Crippen LogP contribution in [0.4, 0.5) is 10.5 Å². The number of aryl methyl sites for hydroxylation is 2. The quantitative estimate of drug-likeness (QED) is 0.366. The van der Waals surface area contributed by atoms with Gasteiger partial charge in [0.15, 0.2) is 0 Å². The summed E-state index contributed by atoms with van der Waals surface area (Å²) in [5, 5.41) is 21.3. The molecule has 7 heteroatoms. The van der Waals surface area contributed by atoms with E-state index in [2.05, 4.69) is 35.6 Å². The van der Waals surface area contributed by atoms with E-state index in [4.69, 9.17) is 4.98 Å². The summed E-state index contributed by atoms with van der Waals surface area (Å²) in [6, 6.07) is 18.8. The van der Waals surface area contributed by atoms with Crippen LogP contribution in [-0.2, 0) is 12.5 Å². The minimum absolute atomic E-state index is 0.172. The van der Waals surface area contributed by atoms with Crippen molar-refractivity contribution in [1.82, 2.24) is 20.1 Å². The minimum atomic E-state index is -0.693. The Morgan fingerprint density at radius 2 is 1.78 bits per heavy atom. The number of rotatable bonds is 4. The number of nitrogens with zero attached hydrogens (tertiary/aromatic N) is 3. The van der Waals surface area contributed by atoms with Gasteiger partial charge >= 0.3 is 6.03 Å². The standard InChI is InChI=1S/C29H31N5O2/c1-18-14-23(26(19-10-6-5-7-11-19)32-25(18)20-16-30-34(4)17-20)31-28(36)33-27-21-12-8-9-13-22(21)29(2,3)15-24(27)35/h5-14,16-17,24,27,35H,15H2,1-4H3,(H2,31,33,36)/t24-,27?/m1/s1. The van der Waals surface area contributed by atoms with Gasteiger partial charge in [0.05, 0.1) is 35.4 Å². The highest BCUT2D eigenvalue weighted by Gasteiger charge is 2.39. The molecular weight excluding hydrogens is 450 g/mol. The summed E-state index contributed by atoms with van der Waals surface area (Å²) in [5.41, 5.74) is 6.72. The highest BCUT2D eigenvalue weighted by Crippen LogP contribution is 2.41. The molecule has 4 aromatic rings. The maximum atomic E-state index is 13.3. The van der Waals surface area contributed by atoms with Crippen LogP contribution in [-0.4, -0.2) is 32.0 Å². The van der Waals surface area contributed by atoms with Gasteiger partial charge in [-0.05, 0) is 41.5 Å². The Bertz CT molecular complexity index is 1410. The van der Waals surface area contributed by atoms with Gasteiger partial charge in [0.25, 0.3) is 0 Å². The average Bonchev–Trinajstić information content (AvgIpc) is 3.28. The summed E-state index contributed by atoms with van der Waals surface area (Å²) in [4.78, 5) is 18.2. The maximum absolute atomic E-state index is 13.3. The zero-order valence-corrected chi connectivity index (χ0v) is 21.0. The van der Waals surface area contributed by atoms with Crippen LogP contribution >= 0.6 is 0 Å². The molecule has 1 aliphatic carbocycles. The van der Waals surface area contributed by atoms with Gasteiger partial charge in [-0.1, -0.05) is 68.4 Å². The molecule has 1 unspecified atom stereocenters. The van der Waals surface area contributed by atoms with E-state index in [1.54, 1.807) is 10.9 Å². The SMILES string of the molecule is Cc1cc(NC(=O)NC2c3ccccc3C(C)(C)C[C@H]2O)c(-c2ccccc2)nc1-c1cnn(C)c1. The van der Waals surface area contributed by atoms with Gasteiger partial charge in [0, 0.05) is 24.4 Å². The highest BCUT2D eigenvalue weighted by atomic mass is 16.3. The number of hydrogen-bond donors (Lipinski definition) is 3. The van der Waals surface area contributed by atoms with Gasteiger partial charge in [0.2, 0.25) is 0 Å². The molecule has 5 rings (SSSR count). The lowest BCUT2D eigenvalue weighted by Gasteiger charge is -2.40. The van der Waals surface area contributed by atoms with Crippen LogP contribution in [0.25, 0.3) is 22.5 Å². The number of aromatic nitrogens is 3. The molecule has 2 aromatic heterocycles. The third kappa shape index (κ3) is 4.50. The van der Waals surface area contributed by atoms with E-state index in [1.165, 1.54) is 0 Å². The molecule has 0 aliphatic heterocycles. The van der Waals surface area contributed by atoms with Crippen LogP contribution < -0.4 is 10.6 Å². The maximum Gasteiger partial charge on any atom is 0.319 e. The molecule has 0 bridgehead atoms. The minimum Gasteiger partial charge on any atom is -0.391 e. The molecule has 2 atom stereocenters. The number of pyridine rings is 1. The monoisotopic (exact) mass is 481 g/mol. The van der Waals surface area contributed by atoms with E-state index in [9.17, 15) is 9.90 Å². The van der Waals surface area contributed by atoms with E-state index in [0.29, 0.717) is 17.8 Å². The Morgan fingerprint density at radius 3 is 2.50 bits per heavy atom. The molecular formula is C29H31N5O2. The first kappa shape index (κ1) is 23.8. The fourth-order valence-corrected chi connectivity index (χ4v) is 5.18. The molecule has 0 fully saturated rings. The molecule has 184 valence electrons. The summed E-state index contributed by atoms with van der Waals surface area (Å²) in [6.45, 7) is 6.21. The second kappa shape index (κ2) is 9.24. The average molecular weight is 482 g/mol. The normalized spacial score (nSPS) is 18.4. The third-order valence-electron chi connectivity index (χ3n) is 6.90. The van der Waals surface area contributed by atoms with Crippen molar-refractivity contribution in [2.24, 2.45) is 7.05 Å². The number of carbonyl (C=O) groups is 1. The number of carbonyl (C=O) groups excluding carboxylic acids is 1. The summed E-state index contributed by atoms with van der Waals surface area (Å²) < 4.78 is 1.74. The zero-order valence-electron chi connectivity index (χ0n) is 21.0. The lowest BCUT2D eigenvalue weighted by Crippen LogP contribution is -2.45. The Balaban J connectivity index is 1.48. The van der Waals surface area contributed by atoms with Crippen molar-refractivity contribution >= 4 is 11.7 Å². The van der Waals surface area contributed by atoms with E-state index < -0.39 is 12.1 Å². The molecule has 0 radical (unpaired) electrons. The lowest BCUT2D eigenvalue weighted by atomic mass is 9.70. The number of hydrogen-bond acceptors (Lipinski definition) is 4. The summed E-state index contributed by atoms with van der Waals surface area (Å²) in [6.07, 6.45) is 3.58. The van der Waals surface area contributed by atoms with Crippen molar-refractivity contribution in [3.05, 3.63) is 89.7 Å². The van der Waals surface area contributed by atoms with Gasteiger partial charge in [0.1, 0.15) is 0 Å². The van der Waals surface area contributed by atoms with Crippen molar-refractivity contribution in [1.29, 1.82) is 0 Å². The fraction of sp³-hybridized carbons (Fsp3) is 0.276. The smallest absolute Gasteiger partial charge is 0.319 e. The first-order valence-corrected chi connectivity index (χ1v) is 12.1. The van der Waals surface area contributed by atoms with Crippen molar-refractivity contribution in [2.75, 3.05) is 5.32 Å². The number of benzene rings is 2. The number of urea groups is 1. The van der Waals surface area contributed by atoms with Crippen molar-refractivity contribution < 1.29 is 9.90 Å². The fourth-order valence-electron chi connectivity index (χ4n) is 5.18. The number of nitrogens with one attached hydrogen (secondary N) is 2. The Kier molecular flexibility index (Phi) is 6.10. The van der Waals surface area contributed by atoms with Crippen molar-refractivity contribution in [3.8, 4) is 22.5 Å². The van der Waals surface area contributed by atoms with Crippen molar-refractivity contribution in [2.45, 2.75) is 44.8 Å². The van der Waals surface area contributed by atoms with E-state index in [1.807, 2.05) is 74.8 Å². The van der Waals surface area contributed by atoms with Gasteiger partial charge in [-0.15, -0.1) is 0 Å². The van der Waals surface area contributed by atoms with Crippen LogP contribution in [0.2, 0.25) is 0 Å². The van der Waals surface area contributed by atoms with Gasteiger partial charge in [-0.2, -0.15) is 5.10 Å². The zero-order chi connectivity index (χ0) is 25.4. The van der Waals surface area contributed by atoms with Crippen LogP contribution in [0.3, 0.4) is 0 Å². The van der Waals surface area contributed by atoms with Crippen molar-refractivity contribution in [3.63, 3.8) is 0 Å². The molecule has 0 saturated heterocycles. The third-order valence-corrected chi connectivity index (χ3v) is 6.90. The molecule has 36 heavy (non-hydrogen) atoms. The molecule has 0 saturated carbocycles. The largest absolute Gasteiger partial charge is 0.391 e. The van der Waals surface area contributed by atoms with Gasteiger partial charge in [-0.25, -0.2) is 9.78 Å². The Labute approximate surface area is 211 Å². The van der Waals surface area contributed by atoms with Crippen LogP contribution in [0, 0.1) is 6.92 Å². The van der Waals surface area contributed by atoms with E-state index in [-0.39, 0.29) is 11.4 Å². The topological polar surface area (TPSA) is 92.1 Å². The number of amides is 2. The highest BCUT2D eigenvalue weighted by molar-refractivity contribution is 5.94. The predicted octanol–water partition coefficient (Wildman–Crippen LogP) is 5.36. The van der Waals surface area contributed by atoms with Crippen LogP contribution in [0.5, 0.6) is 0 Å². The van der Waals surface area contributed by atoms with Crippen LogP contribution in [0.15, 0.2) is 73.1 Å². The molecule has 7 nitrogen and oxygen atoms in total. The number of fused-ring (bicyclic) bond motifs is 1. The predicted molar refractivity (Wildman–Crippen MR) is 142 cm³/mol. The molecule has 1 aliphatic rings. The van der Waals surface area contributed by atoms with Crippen LogP contribution in [0.1, 0.15) is 43.0 Å². The summed E-state index contributed by atoms with van der Waals surface area (Å²) >= 11 is 0. The second-order valence-corrected chi connectivity index (χ2v) is 10.1. The summed E-state index contributed by atoms with van der Waals surface area (Å²) in [7, 11) is 1.87. The van der Waals surface area contributed by atoms with E-state index in [0.717, 1.165) is 33.5 Å². The van der Waals surface area contributed by atoms with Gasteiger partial charge in [-0.3, -0.25) is 4.68 Å².